The first-order valence-corrected chi connectivity index (χ1v) is 10.6. The van der Waals surface area contributed by atoms with Gasteiger partial charge in [0.05, 0.1) is 0 Å². The van der Waals surface area contributed by atoms with Crippen molar-refractivity contribution in [1.82, 2.24) is 0 Å². The molecule has 0 heterocycles. The van der Waals surface area contributed by atoms with E-state index in [0.29, 0.717) is 0 Å². The van der Waals surface area contributed by atoms with E-state index >= 15 is 0 Å². The van der Waals surface area contributed by atoms with Crippen LogP contribution in [-0.4, -0.2) is 0 Å². The van der Waals surface area contributed by atoms with Crippen LogP contribution in [0.2, 0.25) is 0 Å². The second-order valence-corrected chi connectivity index (χ2v) is 12.1. The number of hydrogen-bond acceptors (Lipinski definition) is 0. The van der Waals surface area contributed by atoms with Crippen LogP contribution in [0.15, 0.2) is 0 Å². The molecule has 116 valence electrons. The maximum Gasteiger partial charge on any atom is -0.0133 e. The Morgan fingerprint density at radius 2 is 1.55 bits per heavy atom. The van der Waals surface area contributed by atoms with Crippen LogP contribution in [0, 0.1) is 80.8 Å². The van der Waals surface area contributed by atoms with E-state index in [1.807, 2.05) is 0 Å². The molecule has 14 atom stereocenters. The Bertz CT molecular complexity index is 709. The lowest BCUT2D eigenvalue weighted by Crippen LogP contribution is -2.67. The fraction of sp³-hybridized carbons (Fsp3) is 1.00. The van der Waals surface area contributed by atoms with E-state index in [2.05, 4.69) is 13.8 Å². The minimum Gasteiger partial charge on any atom is -0.0585 e. The molecule has 10 fully saturated rings. The zero-order valence-electron chi connectivity index (χ0n) is 14.0. The van der Waals surface area contributed by atoms with Crippen LogP contribution in [0.1, 0.15) is 52.4 Å². The van der Waals surface area contributed by atoms with Gasteiger partial charge in [0.15, 0.2) is 0 Å². The van der Waals surface area contributed by atoms with Crippen LogP contribution in [0.5, 0.6) is 0 Å². The van der Waals surface area contributed by atoms with Crippen LogP contribution in [0.4, 0.5) is 0 Å². The molecule has 0 heteroatoms. The van der Waals surface area contributed by atoms with E-state index in [1.165, 1.54) is 59.2 Å². The van der Waals surface area contributed by atoms with Crippen molar-refractivity contribution in [2.45, 2.75) is 52.4 Å². The smallest absolute Gasteiger partial charge is 0.0133 e. The molecule has 10 saturated carbocycles. The maximum atomic E-state index is 2.90. The van der Waals surface area contributed by atoms with E-state index in [4.69, 9.17) is 0 Å². The average molecular weight is 292 g/mol. The van der Waals surface area contributed by atoms with Gasteiger partial charge in [-0.2, -0.15) is 0 Å². The largest absolute Gasteiger partial charge is 0.0585 e. The average Bonchev–Trinajstić information content (AvgIpc) is 3.11. The van der Waals surface area contributed by atoms with Crippen molar-refractivity contribution in [3.8, 4) is 0 Å². The summed E-state index contributed by atoms with van der Waals surface area (Å²) in [7, 11) is 0. The monoisotopic (exact) mass is 292 g/mol. The zero-order valence-corrected chi connectivity index (χ0v) is 14.0. The highest BCUT2D eigenvalue weighted by molar-refractivity contribution is 5.52. The molecule has 10 rings (SSSR count). The molecule has 0 saturated heterocycles. The molecule has 8 unspecified atom stereocenters. The molecular weight excluding hydrogens is 264 g/mol. The molecule has 0 nitrogen and oxygen atoms in total. The van der Waals surface area contributed by atoms with E-state index in [9.17, 15) is 0 Å². The highest BCUT2D eigenvalue weighted by Crippen LogP contribution is 3.10. The van der Waals surface area contributed by atoms with Gasteiger partial charge < -0.3 is 0 Å². The minimum atomic E-state index is 0.793. The number of hydrogen-bond donors (Lipinski definition) is 0. The van der Waals surface area contributed by atoms with Crippen LogP contribution in [-0.2, 0) is 0 Å². The lowest BCUT2D eigenvalue weighted by molar-refractivity contribution is -0.244. The Kier molecular flexibility index (Phi) is 1.14. The van der Waals surface area contributed by atoms with Gasteiger partial charge in [0.2, 0.25) is 0 Å². The lowest BCUT2D eigenvalue weighted by Gasteiger charge is -2.71. The van der Waals surface area contributed by atoms with Gasteiger partial charge in [-0.25, -0.2) is 0 Å². The zero-order chi connectivity index (χ0) is 14.0. The van der Waals surface area contributed by atoms with Crippen LogP contribution >= 0.6 is 0 Å². The Hall–Kier alpha value is 0. The summed E-state index contributed by atoms with van der Waals surface area (Å²) in [6, 6.07) is 0. The van der Waals surface area contributed by atoms with Crippen molar-refractivity contribution >= 4 is 0 Å². The van der Waals surface area contributed by atoms with E-state index in [1.54, 1.807) is 38.5 Å². The summed E-state index contributed by atoms with van der Waals surface area (Å²) in [6.07, 6.45) is 10.1. The molecule has 10 aliphatic rings. The van der Waals surface area contributed by atoms with Gasteiger partial charge in [0.1, 0.15) is 0 Å². The Morgan fingerprint density at radius 1 is 0.773 bits per heavy atom. The van der Waals surface area contributed by atoms with Crippen molar-refractivity contribution in [2.75, 3.05) is 0 Å². The highest BCUT2D eigenvalue weighted by Gasteiger charge is 3.06. The summed E-state index contributed by atoms with van der Waals surface area (Å²) >= 11 is 0. The van der Waals surface area contributed by atoms with E-state index < -0.39 is 0 Å². The third-order valence-electron chi connectivity index (χ3n) is 13.7. The van der Waals surface area contributed by atoms with Crippen molar-refractivity contribution in [1.29, 1.82) is 0 Å². The standard InChI is InChI=1S/C22H28/c1-19-13-5-9-6-14-16-10-3-4-11-12(10)8-21(16)20(19,2)17(11)18(13)22(14,21)15(19)7-9/h9-18H,3-8H2,1-2H3/t9-,10?,11?,12?,13?,14?,15+,16?,17?,18?,19+,20+,21+,22+/m1/s1. The number of fused-ring (bicyclic) bond motifs is 1. The Balaban J connectivity index is 1.53. The predicted octanol–water partition coefficient (Wildman–Crippen LogP) is 4.60. The van der Waals surface area contributed by atoms with Gasteiger partial charge in [-0.1, -0.05) is 13.8 Å². The SMILES string of the molecule is C[C@@]12C3C4CCC5C4C[C@]14C5C1C[C@H]5CC6C3[C@@]14[C@@H](C5)[C@]62C. The fourth-order valence-corrected chi connectivity index (χ4v) is 14.7. The van der Waals surface area contributed by atoms with E-state index in [0.717, 1.165) is 21.7 Å². The summed E-state index contributed by atoms with van der Waals surface area (Å²) < 4.78 is 0. The quantitative estimate of drug-likeness (QED) is 0.612. The molecule has 12 bridgehead atoms. The van der Waals surface area contributed by atoms with Crippen molar-refractivity contribution in [2.24, 2.45) is 80.8 Å². The summed E-state index contributed by atoms with van der Waals surface area (Å²) in [5.41, 5.74) is 3.42. The fourth-order valence-electron chi connectivity index (χ4n) is 14.7. The second-order valence-electron chi connectivity index (χ2n) is 12.1. The molecule has 0 N–H and O–H groups in total. The molecule has 10 aliphatic carbocycles. The lowest BCUT2D eigenvalue weighted by atomic mass is 9.33. The van der Waals surface area contributed by atoms with Gasteiger partial charge >= 0.3 is 0 Å². The van der Waals surface area contributed by atoms with Gasteiger partial charge in [0.25, 0.3) is 0 Å². The first-order valence-electron chi connectivity index (χ1n) is 10.6. The third kappa shape index (κ3) is 0.510. The van der Waals surface area contributed by atoms with E-state index in [-0.39, 0.29) is 0 Å². The van der Waals surface area contributed by atoms with Gasteiger partial charge in [-0.3, -0.25) is 0 Å². The third-order valence-corrected chi connectivity index (χ3v) is 13.7. The van der Waals surface area contributed by atoms with Crippen molar-refractivity contribution in [3.63, 3.8) is 0 Å². The maximum absolute atomic E-state index is 2.90. The summed E-state index contributed by atoms with van der Waals surface area (Å²) in [5.74, 6) is 12.1. The summed E-state index contributed by atoms with van der Waals surface area (Å²) in [5, 5.41) is 0. The van der Waals surface area contributed by atoms with Crippen LogP contribution in [0.3, 0.4) is 0 Å². The molecule has 0 amide bonds. The van der Waals surface area contributed by atoms with Crippen molar-refractivity contribution < 1.29 is 0 Å². The molecule has 0 aliphatic heterocycles. The van der Waals surface area contributed by atoms with Crippen LogP contribution < -0.4 is 0 Å². The molecule has 0 aromatic heterocycles. The highest BCUT2D eigenvalue weighted by atomic mass is 15.1. The second kappa shape index (κ2) is 2.33. The Morgan fingerprint density at radius 3 is 2.41 bits per heavy atom. The number of rotatable bonds is 0. The van der Waals surface area contributed by atoms with Gasteiger partial charge in [-0.05, 0) is 119 Å². The van der Waals surface area contributed by atoms with Crippen LogP contribution in [0.25, 0.3) is 0 Å². The molecule has 0 aromatic carbocycles. The van der Waals surface area contributed by atoms with Gasteiger partial charge in [0, 0.05) is 0 Å². The first-order chi connectivity index (χ1) is 10.6. The molecular formula is C22H28. The molecule has 0 radical (unpaired) electrons. The van der Waals surface area contributed by atoms with Crippen molar-refractivity contribution in [3.05, 3.63) is 0 Å². The molecule has 2 spiro atoms. The molecule has 22 heavy (non-hydrogen) atoms. The van der Waals surface area contributed by atoms with Gasteiger partial charge in [-0.15, -0.1) is 0 Å². The first kappa shape index (κ1) is 10.8. The predicted molar refractivity (Wildman–Crippen MR) is 83.7 cm³/mol. The molecule has 0 aromatic rings. The summed E-state index contributed by atoms with van der Waals surface area (Å²) in [4.78, 5) is 0. The minimum absolute atomic E-state index is 0.793. The Labute approximate surface area is 133 Å². The topological polar surface area (TPSA) is 0 Å². The normalized spacial score (nSPS) is 90.8. The summed E-state index contributed by atoms with van der Waals surface area (Å²) in [6.45, 7) is 5.76.